The van der Waals surface area contributed by atoms with Crippen molar-refractivity contribution in [1.29, 1.82) is 0 Å². The van der Waals surface area contributed by atoms with Crippen molar-refractivity contribution < 1.29 is 43.2 Å². The number of hydrogen-bond donors (Lipinski definition) is 3. The second-order valence-electron chi connectivity index (χ2n) is 18.6. The van der Waals surface area contributed by atoms with E-state index in [1.165, 1.54) is 0 Å². The fourth-order valence-electron chi connectivity index (χ4n) is 7.32. The summed E-state index contributed by atoms with van der Waals surface area (Å²) < 4.78 is 22.5. The van der Waals surface area contributed by atoms with Crippen molar-refractivity contribution >= 4 is 23.7 Å². The summed E-state index contributed by atoms with van der Waals surface area (Å²) in [5.74, 6) is -0.722. The van der Waals surface area contributed by atoms with Crippen LogP contribution in [0, 0.1) is 5.41 Å². The van der Waals surface area contributed by atoms with Crippen LogP contribution in [0.2, 0.25) is 0 Å². The number of unbranched alkanes of at least 4 members (excludes halogenated alkanes) is 2. The number of ether oxygens (including phenoxy) is 4. The molecule has 16 nitrogen and oxygen atoms in total. The number of aliphatic hydroxyl groups excluding tert-OH is 1. The van der Waals surface area contributed by atoms with Crippen LogP contribution in [0.1, 0.15) is 105 Å². The largest absolute Gasteiger partial charge is 0.466 e. The minimum atomic E-state index is -0.964. The van der Waals surface area contributed by atoms with Crippen molar-refractivity contribution in [2.45, 2.75) is 110 Å². The molecule has 0 unspecified atom stereocenters. The van der Waals surface area contributed by atoms with E-state index in [4.69, 9.17) is 18.9 Å². The van der Waals surface area contributed by atoms with Gasteiger partial charge in [-0.15, -0.1) is 0 Å². The fourth-order valence-corrected chi connectivity index (χ4v) is 7.32. The van der Waals surface area contributed by atoms with Crippen LogP contribution >= 0.6 is 0 Å². The smallest absolute Gasteiger partial charge is 0.307 e. The minimum absolute atomic E-state index is 0.0223. The third-order valence-corrected chi connectivity index (χ3v) is 11.9. The number of hydrogen-bond acceptors (Lipinski definition) is 16. The Bertz CT molecular complexity index is 1210. The lowest BCUT2D eigenvalue weighted by molar-refractivity contribution is -0.147. The van der Waals surface area contributed by atoms with E-state index in [0.717, 1.165) is 104 Å². The van der Waals surface area contributed by atoms with Crippen LogP contribution in [0.15, 0.2) is 0 Å². The standard InChI is InChI=1S/C46H89N7O9/c1-45(2,18-11-38-60-43(57)15-22-48-20-13-25-53-34-30-50(6)31-35-53)40-61-44(58)17-27-51(23-7-8-36-54)26-16-41(55)46(3,4)62-39-10-9-37-59-42(56)14-21-47-19-12-24-52-32-28-49(5)29-33-52/h47-48,54H,7-40H2,1-6H3. The number of Topliss-reactive ketones (excluding diaryl/α,β-unsaturated/α-hetero) is 1. The molecule has 362 valence electrons. The lowest BCUT2D eigenvalue weighted by Gasteiger charge is -2.32. The molecule has 0 aromatic heterocycles. The minimum Gasteiger partial charge on any atom is -0.466 e. The summed E-state index contributed by atoms with van der Waals surface area (Å²) in [5.41, 5.74) is -1.23. The second-order valence-corrected chi connectivity index (χ2v) is 18.6. The van der Waals surface area contributed by atoms with Crippen LogP contribution in [0.5, 0.6) is 0 Å². The Hall–Kier alpha value is -2.28. The number of ketones is 1. The lowest BCUT2D eigenvalue weighted by Crippen LogP contribution is -2.45. The first-order chi connectivity index (χ1) is 29.7. The molecule has 16 heteroatoms. The number of likely N-dealkylation sites (N-methyl/N-ethyl adjacent to an activating group) is 2. The predicted octanol–water partition coefficient (Wildman–Crippen LogP) is 2.66. The lowest BCUT2D eigenvalue weighted by atomic mass is 9.89. The van der Waals surface area contributed by atoms with Gasteiger partial charge in [0.25, 0.3) is 0 Å². The zero-order chi connectivity index (χ0) is 45.5. The molecule has 0 saturated carbocycles. The average Bonchev–Trinajstić information content (AvgIpc) is 3.24. The molecule has 0 amide bonds. The number of esters is 3. The van der Waals surface area contributed by atoms with Gasteiger partial charge in [0.2, 0.25) is 0 Å². The summed E-state index contributed by atoms with van der Waals surface area (Å²) in [6.45, 7) is 24.8. The quantitative estimate of drug-likeness (QED) is 0.0474. The maximum atomic E-state index is 13.2. The van der Waals surface area contributed by atoms with Crippen LogP contribution in [0.3, 0.4) is 0 Å². The Kier molecular flexibility index (Phi) is 29.9. The Morgan fingerprint density at radius 1 is 0.565 bits per heavy atom. The van der Waals surface area contributed by atoms with Crippen molar-refractivity contribution in [1.82, 2.24) is 35.1 Å². The second kappa shape index (κ2) is 33.2. The van der Waals surface area contributed by atoms with Crippen molar-refractivity contribution in [3.05, 3.63) is 0 Å². The van der Waals surface area contributed by atoms with Crippen LogP contribution < -0.4 is 10.6 Å². The molecule has 62 heavy (non-hydrogen) atoms. The van der Waals surface area contributed by atoms with Gasteiger partial charge in [0, 0.05) is 98.2 Å². The van der Waals surface area contributed by atoms with Crippen molar-refractivity contribution in [2.75, 3.05) is 158 Å². The van der Waals surface area contributed by atoms with Crippen LogP contribution in [-0.4, -0.2) is 217 Å². The summed E-state index contributed by atoms with van der Waals surface area (Å²) in [6, 6.07) is 0. The molecule has 0 aromatic carbocycles. The highest BCUT2D eigenvalue weighted by molar-refractivity contribution is 5.86. The van der Waals surface area contributed by atoms with Gasteiger partial charge in [-0.25, -0.2) is 0 Å². The molecule has 0 spiro atoms. The monoisotopic (exact) mass is 884 g/mol. The van der Waals surface area contributed by atoms with E-state index in [9.17, 15) is 24.3 Å². The Labute approximate surface area is 375 Å². The number of carbonyl (C=O) groups is 4. The highest BCUT2D eigenvalue weighted by Gasteiger charge is 2.28. The highest BCUT2D eigenvalue weighted by atomic mass is 16.5. The van der Waals surface area contributed by atoms with Gasteiger partial charge >= 0.3 is 17.9 Å². The predicted molar refractivity (Wildman–Crippen MR) is 244 cm³/mol. The Balaban J connectivity index is 1.52. The molecule has 0 radical (unpaired) electrons. The number of carbonyl (C=O) groups excluding carboxylic acids is 4. The first-order valence-corrected chi connectivity index (χ1v) is 23.9. The van der Waals surface area contributed by atoms with Gasteiger partial charge in [0.05, 0.1) is 39.1 Å². The summed E-state index contributed by atoms with van der Waals surface area (Å²) >= 11 is 0. The average molecular weight is 884 g/mol. The molecule has 0 aromatic rings. The van der Waals surface area contributed by atoms with E-state index in [0.29, 0.717) is 91.1 Å². The maximum Gasteiger partial charge on any atom is 0.307 e. The fraction of sp³-hybridized carbons (Fsp3) is 0.913. The molecule has 2 heterocycles. The zero-order valence-corrected chi connectivity index (χ0v) is 40.0. The Morgan fingerprint density at radius 3 is 1.61 bits per heavy atom. The number of nitrogens with zero attached hydrogens (tertiary/aromatic N) is 5. The van der Waals surface area contributed by atoms with Crippen LogP contribution in [0.25, 0.3) is 0 Å². The molecule has 2 aliphatic heterocycles. The van der Waals surface area contributed by atoms with Gasteiger partial charge < -0.3 is 59.2 Å². The molecule has 3 N–H and O–H groups in total. The van der Waals surface area contributed by atoms with Crippen LogP contribution in [0.4, 0.5) is 0 Å². The van der Waals surface area contributed by atoms with E-state index < -0.39 is 5.60 Å². The third kappa shape index (κ3) is 28.5. The summed E-state index contributed by atoms with van der Waals surface area (Å²) in [6.07, 6.45) is 7.46. The topological polar surface area (TPSA) is 166 Å². The highest BCUT2D eigenvalue weighted by Crippen LogP contribution is 2.23. The summed E-state index contributed by atoms with van der Waals surface area (Å²) in [4.78, 5) is 62.1. The van der Waals surface area contributed by atoms with Crippen LogP contribution in [-0.2, 0) is 38.1 Å². The molecule has 2 aliphatic rings. The molecule has 0 bridgehead atoms. The number of piperazine rings is 2. The van der Waals surface area contributed by atoms with E-state index in [-0.39, 0.29) is 55.2 Å². The Morgan fingerprint density at radius 2 is 1.06 bits per heavy atom. The SMILES string of the molecule is CN1CCN(CCCNCCC(=O)OCCCCOC(C)(C)C(=O)CCN(CCCCO)CCC(=O)OCC(C)(C)CCCOC(=O)CCNCCCN2CCN(C)CC2)CC1. The van der Waals surface area contributed by atoms with Crippen molar-refractivity contribution in [2.24, 2.45) is 5.41 Å². The van der Waals surface area contributed by atoms with Crippen molar-refractivity contribution in [3.63, 3.8) is 0 Å². The van der Waals surface area contributed by atoms with Gasteiger partial charge in [-0.1, -0.05) is 13.8 Å². The zero-order valence-electron chi connectivity index (χ0n) is 40.0. The first-order valence-electron chi connectivity index (χ1n) is 23.9. The maximum absolute atomic E-state index is 13.2. The first kappa shape index (κ1) is 55.9. The molecular weight excluding hydrogens is 795 g/mol. The van der Waals surface area contributed by atoms with Gasteiger partial charge in [0.15, 0.2) is 5.78 Å². The van der Waals surface area contributed by atoms with Gasteiger partial charge in [-0.2, -0.15) is 0 Å². The number of aliphatic hydroxyl groups is 1. The van der Waals surface area contributed by atoms with Gasteiger partial charge in [0.1, 0.15) is 5.60 Å². The molecule has 2 rings (SSSR count). The molecule has 0 atom stereocenters. The summed E-state index contributed by atoms with van der Waals surface area (Å²) in [5, 5.41) is 16.0. The molecular formula is C46H89N7O9. The normalized spacial score (nSPS) is 16.2. The number of rotatable bonds is 37. The van der Waals surface area contributed by atoms with Crippen molar-refractivity contribution in [3.8, 4) is 0 Å². The molecule has 2 fully saturated rings. The molecule has 0 aliphatic carbocycles. The van der Waals surface area contributed by atoms with E-state index in [1.807, 2.05) is 13.8 Å². The van der Waals surface area contributed by atoms with E-state index >= 15 is 0 Å². The van der Waals surface area contributed by atoms with Gasteiger partial charge in [-0.3, -0.25) is 19.2 Å². The molecule has 2 saturated heterocycles. The van der Waals surface area contributed by atoms with Gasteiger partial charge in [-0.05, 0) is 117 Å². The third-order valence-electron chi connectivity index (χ3n) is 11.9. The van der Waals surface area contributed by atoms with E-state index in [2.05, 4.69) is 49.2 Å². The summed E-state index contributed by atoms with van der Waals surface area (Å²) in [7, 11) is 4.32. The number of nitrogens with one attached hydrogen (secondary N) is 2. The van der Waals surface area contributed by atoms with E-state index in [1.54, 1.807) is 13.8 Å².